The van der Waals surface area contributed by atoms with E-state index in [0.717, 1.165) is 29.5 Å². The third-order valence-corrected chi connectivity index (χ3v) is 4.72. The van der Waals surface area contributed by atoms with Gasteiger partial charge < -0.3 is 9.64 Å². The molecule has 0 amide bonds. The number of alkyl halides is 1. The van der Waals surface area contributed by atoms with Crippen molar-refractivity contribution in [2.75, 3.05) is 20.1 Å². The number of likely N-dealkylation sites (N-methyl/N-ethyl adjacent to an activating group) is 1. The summed E-state index contributed by atoms with van der Waals surface area (Å²) in [6, 6.07) is 8.40. The minimum Gasteiger partial charge on any atom is -0.488 e. The van der Waals surface area contributed by atoms with Crippen molar-refractivity contribution in [1.82, 2.24) is 4.90 Å². The molecule has 98 valence electrons. The zero-order valence-corrected chi connectivity index (χ0v) is 12.4. The molecule has 1 aliphatic heterocycles. The van der Waals surface area contributed by atoms with Crippen LogP contribution < -0.4 is 4.74 Å². The van der Waals surface area contributed by atoms with Crippen molar-refractivity contribution in [3.63, 3.8) is 0 Å². The fraction of sp³-hybridized carbons (Fsp3) is 0.600. The molecule has 1 unspecified atom stereocenters. The first kappa shape index (κ1) is 12.5. The van der Waals surface area contributed by atoms with Gasteiger partial charge in [-0.05, 0) is 37.4 Å². The molecule has 1 fully saturated rings. The van der Waals surface area contributed by atoms with E-state index >= 15 is 0 Å². The number of benzene rings is 1. The Morgan fingerprint density at radius 1 is 1.28 bits per heavy atom. The summed E-state index contributed by atoms with van der Waals surface area (Å²) in [4.78, 5) is 3.20. The number of nitrogens with zero attached hydrogens (tertiary/aromatic N) is 1. The number of fused-ring (bicyclic) bond motifs is 1. The maximum Gasteiger partial charge on any atom is 0.123 e. The Labute approximate surface area is 117 Å². The molecule has 0 saturated heterocycles. The predicted octanol–water partition coefficient (Wildman–Crippen LogP) is 3.10. The molecule has 2 aliphatic rings. The lowest BCUT2D eigenvalue weighted by Crippen LogP contribution is -2.39. The summed E-state index contributed by atoms with van der Waals surface area (Å²) < 4.78 is 5.98. The maximum absolute atomic E-state index is 5.98. The molecule has 0 spiro atoms. The van der Waals surface area contributed by atoms with E-state index in [1.807, 2.05) is 0 Å². The van der Waals surface area contributed by atoms with Gasteiger partial charge in [-0.25, -0.2) is 0 Å². The predicted molar refractivity (Wildman–Crippen MR) is 77.5 cm³/mol. The topological polar surface area (TPSA) is 12.5 Å². The van der Waals surface area contributed by atoms with Crippen molar-refractivity contribution in [2.45, 2.75) is 30.2 Å². The van der Waals surface area contributed by atoms with Crippen LogP contribution in [-0.4, -0.2) is 36.0 Å². The van der Waals surface area contributed by atoms with E-state index in [1.54, 1.807) is 0 Å². The highest BCUT2D eigenvalue weighted by Crippen LogP contribution is 2.34. The molecule has 1 aromatic carbocycles. The van der Waals surface area contributed by atoms with Gasteiger partial charge in [0.05, 0.1) is 0 Å². The molecule has 1 atom stereocenters. The number of ether oxygens (including phenoxy) is 1. The molecular weight excluding hydrogens is 290 g/mol. The van der Waals surface area contributed by atoms with Crippen molar-refractivity contribution in [1.29, 1.82) is 0 Å². The van der Waals surface area contributed by atoms with Crippen LogP contribution >= 0.6 is 15.9 Å². The third-order valence-electron chi connectivity index (χ3n) is 3.98. The average Bonchev–Trinajstić information content (AvgIpc) is 2.68. The van der Waals surface area contributed by atoms with Gasteiger partial charge in [0.2, 0.25) is 0 Å². The van der Waals surface area contributed by atoms with Crippen LogP contribution in [0.5, 0.6) is 5.75 Å². The Morgan fingerprint density at radius 2 is 2.06 bits per heavy atom. The van der Waals surface area contributed by atoms with Crippen LogP contribution in [0.1, 0.15) is 18.4 Å². The third kappa shape index (κ3) is 2.72. The second-order valence-corrected chi connectivity index (χ2v) is 7.00. The van der Waals surface area contributed by atoms with Crippen LogP contribution in [0, 0.1) is 5.92 Å². The van der Waals surface area contributed by atoms with Crippen molar-refractivity contribution in [3.05, 3.63) is 29.8 Å². The first-order valence-corrected chi connectivity index (χ1v) is 7.69. The number of hydrogen-bond donors (Lipinski definition) is 0. The van der Waals surface area contributed by atoms with Gasteiger partial charge in [0.15, 0.2) is 0 Å². The lowest BCUT2D eigenvalue weighted by Gasteiger charge is -2.35. The molecular formula is C15H20BrNO. The zero-order valence-electron chi connectivity index (χ0n) is 10.8. The van der Waals surface area contributed by atoms with Gasteiger partial charge in [-0.2, -0.15) is 0 Å². The summed E-state index contributed by atoms with van der Waals surface area (Å²) >= 11 is 3.65. The SMILES string of the molecule is CN(CC1CC(Br)C1)CC1Cc2ccccc2O1. The van der Waals surface area contributed by atoms with Crippen LogP contribution in [-0.2, 0) is 6.42 Å². The van der Waals surface area contributed by atoms with E-state index in [2.05, 4.69) is 52.1 Å². The highest BCUT2D eigenvalue weighted by Gasteiger charge is 2.29. The van der Waals surface area contributed by atoms with Gasteiger partial charge >= 0.3 is 0 Å². The molecule has 0 N–H and O–H groups in total. The van der Waals surface area contributed by atoms with E-state index in [1.165, 1.54) is 24.9 Å². The Morgan fingerprint density at radius 3 is 2.78 bits per heavy atom. The maximum atomic E-state index is 5.98. The van der Waals surface area contributed by atoms with Crippen LogP contribution in [0.25, 0.3) is 0 Å². The summed E-state index contributed by atoms with van der Waals surface area (Å²) in [5.41, 5.74) is 1.36. The van der Waals surface area contributed by atoms with Gasteiger partial charge in [0.1, 0.15) is 11.9 Å². The van der Waals surface area contributed by atoms with E-state index < -0.39 is 0 Å². The van der Waals surface area contributed by atoms with E-state index in [9.17, 15) is 0 Å². The lowest BCUT2D eigenvalue weighted by molar-refractivity contribution is 0.140. The lowest BCUT2D eigenvalue weighted by atomic mass is 9.85. The van der Waals surface area contributed by atoms with Crippen LogP contribution in [0.4, 0.5) is 0 Å². The normalized spacial score (nSPS) is 29.8. The molecule has 3 rings (SSSR count). The van der Waals surface area contributed by atoms with E-state index in [0.29, 0.717) is 6.10 Å². The van der Waals surface area contributed by atoms with E-state index in [-0.39, 0.29) is 0 Å². The second-order valence-electron chi connectivity index (χ2n) is 5.71. The summed E-state index contributed by atoms with van der Waals surface area (Å²) in [6.07, 6.45) is 4.06. The fourth-order valence-electron chi connectivity index (χ4n) is 3.02. The quantitative estimate of drug-likeness (QED) is 0.793. The molecule has 1 aliphatic carbocycles. The summed E-state index contributed by atoms with van der Waals surface area (Å²) in [5.74, 6) is 1.96. The average molecular weight is 310 g/mol. The fourth-order valence-corrected chi connectivity index (χ4v) is 4.08. The number of hydrogen-bond acceptors (Lipinski definition) is 2. The minimum atomic E-state index is 0.340. The van der Waals surface area contributed by atoms with Crippen LogP contribution in [0.3, 0.4) is 0 Å². The van der Waals surface area contributed by atoms with Crippen LogP contribution in [0.15, 0.2) is 24.3 Å². The highest BCUT2D eigenvalue weighted by atomic mass is 79.9. The molecule has 1 aromatic rings. The smallest absolute Gasteiger partial charge is 0.123 e. The van der Waals surface area contributed by atoms with Crippen molar-refractivity contribution in [3.8, 4) is 5.75 Å². The van der Waals surface area contributed by atoms with Gasteiger partial charge in [-0.15, -0.1) is 0 Å². The first-order valence-electron chi connectivity index (χ1n) is 6.78. The Kier molecular flexibility index (Phi) is 3.62. The van der Waals surface area contributed by atoms with Crippen molar-refractivity contribution < 1.29 is 4.74 Å². The summed E-state index contributed by atoms with van der Waals surface area (Å²) in [7, 11) is 2.22. The zero-order chi connectivity index (χ0) is 12.5. The second kappa shape index (κ2) is 5.22. The number of halogens is 1. The molecule has 18 heavy (non-hydrogen) atoms. The Bertz CT molecular complexity index is 392. The van der Waals surface area contributed by atoms with Crippen LogP contribution in [0.2, 0.25) is 0 Å². The molecule has 3 heteroatoms. The van der Waals surface area contributed by atoms with E-state index in [4.69, 9.17) is 4.74 Å². The van der Waals surface area contributed by atoms with Gasteiger partial charge in [-0.1, -0.05) is 34.1 Å². The van der Waals surface area contributed by atoms with Crippen molar-refractivity contribution >= 4 is 15.9 Å². The molecule has 1 saturated carbocycles. The molecule has 0 bridgehead atoms. The Hall–Kier alpha value is -0.540. The first-order chi connectivity index (χ1) is 8.70. The number of rotatable bonds is 4. The standard InChI is InChI=1S/C15H20BrNO/c1-17(9-11-6-13(16)7-11)10-14-8-12-4-2-3-5-15(12)18-14/h2-5,11,13-14H,6-10H2,1H3. The minimum absolute atomic E-state index is 0.340. The summed E-state index contributed by atoms with van der Waals surface area (Å²) in [5, 5.41) is 0. The molecule has 0 radical (unpaired) electrons. The molecule has 1 heterocycles. The number of para-hydroxylation sites is 1. The monoisotopic (exact) mass is 309 g/mol. The molecule has 0 aromatic heterocycles. The summed E-state index contributed by atoms with van der Waals surface area (Å²) in [6.45, 7) is 2.25. The Balaban J connectivity index is 1.47. The largest absolute Gasteiger partial charge is 0.488 e. The van der Waals surface area contributed by atoms with Crippen molar-refractivity contribution in [2.24, 2.45) is 5.92 Å². The van der Waals surface area contributed by atoms with Gasteiger partial charge in [0.25, 0.3) is 0 Å². The highest BCUT2D eigenvalue weighted by molar-refractivity contribution is 9.09. The van der Waals surface area contributed by atoms with Gasteiger partial charge in [-0.3, -0.25) is 0 Å². The van der Waals surface area contributed by atoms with Gasteiger partial charge in [0, 0.05) is 24.3 Å². The molecule has 2 nitrogen and oxygen atoms in total.